The molecule has 0 unspecified atom stereocenters. The van der Waals surface area contributed by atoms with Gasteiger partial charge in [0.15, 0.2) is 6.61 Å². The highest BCUT2D eigenvalue weighted by atomic mass is 32.1. The fourth-order valence-corrected chi connectivity index (χ4v) is 5.08. The maximum Gasteiger partial charge on any atom is 0.262 e. The molecule has 3 aromatic carbocycles. The molecule has 1 aromatic heterocycles. The lowest BCUT2D eigenvalue weighted by atomic mass is 10.1. The van der Waals surface area contributed by atoms with E-state index in [4.69, 9.17) is 9.84 Å². The van der Waals surface area contributed by atoms with Gasteiger partial charge < -0.3 is 15.0 Å². The minimum Gasteiger partial charge on any atom is -0.482 e. The third-order valence-electron chi connectivity index (χ3n) is 6.07. The molecular formula is C29H29N5O2S. The third kappa shape index (κ3) is 5.65. The van der Waals surface area contributed by atoms with Crippen molar-refractivity contribution in [2.75, 3.05) is 29.9 Å². The molecule has 0 aliphatic carbocycles. The number of hydrogen-bond donors (Lipinski definition) is 1. The molecule has 1 N–H and O–H groups in total. The van der Waals surface area contributed by atoms with Crippen molar-refractivity contribution >= 4 is 34.8 Å². The largest absolute Gasteiger partial charge is 0.482 e. The topological polar surface area (TPSA) is 71.2 Å². The SMILES string of the molecule is CCN=c1scc(-c2ccc3c(c2)NC(=O)CO3)n1N=Cc1ccc(N(CC)Cc2ccccc2)cc1. The van der Waals surface area contributed by atoms with Crippen molar-refractivity contribution in [2.24, 2.45) is 10.1 Å². The van der Waals surface area contributed by atoms with Crippen LogP contribution in [-0.4, -0.2) is 36.5 Å². The number of amides is 1. The van der Waals surface area contributed by atoms with Gasteiger partial charge in [-0.2, -0.15) is 5.10 Å². The van der Waals surface area contributed by atoms with E-state index in [2.05, 4.69) is 70.7 Å². The van der Waals surface area contributed by atoms with Crippen LogP contribution in [0.2, 0.25) is 0 Å². The molecule has 7 nitrogen and oxygen atoms in total. The highest BCUT2D eigenvalue weighted by molar-refractivity contribution is 7.07. The standard InChI is InChI=1S/C29H29N5O2S/c1-3-30-29-34(26(20-37-29)23-12-15-27-25(16-23)32-28(35)19-36-27)31-17-21-10-13-24(14-11-21)33(4-2)18-22-8-6-5-7-9-22/h5-17,20H,3-4,18-19H2,1-2H3,(H,32,35). The summed E-state index contributed by atoms with van der Waals surface area (Å²) in [4.78, 5) is 19.6. The van der Waals surface area contributed by atoms with E-state index >= 15 is 0 Å². The number of ether oxygens (including phenoxy) is 1. The lowest BCUT2D eigenvalue weighted by Crippen LogP contribution is -2.25. The zero-order valence-electron chi connectivity index (χ0n) is 20.9. The van der Waals surface area contributed by atoms with E-state index in [1.165, 1.54) is 22.6 Å². The third-order valence-corrected chi connectivity index (χ3v) is 6.92. The first kappa shape index (κ1) is 24.5. The normalized spacial score (nSPS) is 13.4. The van der Waals surface area contributed by atoms with Crippen molar-refractivity contribution in [3.05, 3.63) is 94.1 Å². The quantitative estimate of drug-likeness (QED) is 0.323. The van der Waals surface area contributed by atoms with Crippen molar-refractivity contribution < 1.29 is 9.53 Å². The summed E-state index contributed by atoms with van der Waals surface area (Å²) in [7, 11) is 0. The van der Waals surface area contributed by atoms with Crippen LogP contribution < -0.4 is 19.8 Å². The summed E-state index contributed by atoms with van der Waals surface area (Å²) in [6.45, 7) is 6.66. The Balaban J connectivity index is 1.40. The van der Waals surface area contributed by atoms with Crippen LogP contribution in [0.15, 0.2) is 88.3 Å². The molecule has 0 saturated heterocycles. The average Bonchev–Trinajstić information content (AvgIpc) is 3.33. The summed E-state index contributed by atoms with van der Waals surface area (Å²) in [6.07, 6.45) is 1.85. The Morgan fingerprint density at radius 1 is 1.08 bits per heavy atom. The summed E-state index contributed by atoms with van der Waals surface area (Å²) in [6, 6.07) is 24.7. The molecule has 8 heteroatoms. The van der Waals surface area contributed by atoms with Crippen molar-refractivity contribution in [3.8, 4) is 17.0 Å². The molecule has 37 heavy (non-hydrogen) atoms. The molecule has 4 aromatic rings. The number of anilines is 2. The average molecular weight is 512 g/mol. The summed E-state index contributed by atoms with van der Waals surface area (Å²) in [5.41, 5.74) is 5.94. The molecular weight excluding hydrogens is 482 g/mol. The van der Waals surface area contributed by atoms with Gasteiger partial charge in [0.2, 0.25) is 4.80 Å². The Bertz CT molecular complexity index is 1470. The van der Waals surface area contributed by atoms with E-state index in [1.54, 1.807) is 0 Å². The molecule has 1 aliphatic heterocycles. The predicted molar refractivity (Wildman–Crippen MR) is 151 cm³/mol. The van der Waals surface area contributed by atoms with Crippen LogP contribution in [-0.2, 0) is 11.3 Å². The zero-order valence-corrected chi connectivity index (χ0v) is 21.7. The highest BCUT2D eigenvalue weighted by Gasteiger charge is 2.17. The number of rotatable bonds is 8. The van der Waals surface area contributed by atoms with Gasteiger partial charge in [-0.3, -0.25) is 9.79 Å². The van der Waals surface area contributed by atoms with Crippen LogP contribution in [0, 0.1) is 0 Å². The Morgan fingerprint density at radius 2 is 1.89 bits per heavy atom. The van der Waals surface area contributed by atoms with E-state index in [9.17, 15) is 4.79 Å². The van der Waals surface area contributed by atoms with Gasteiger partial charge in [0.25, 0.3) is 5.91 Å². The molecule has 1 amide bonds. The summed E-state index contributed by atoms with van der Waals surface area (Å²) in [5, 5.41) is 9.71. The molecule has 188 valence electrons. The van der Waals surface area contributed by atoms with Gasteiger partial charge in [-0.25, -0.2) is 4.68 Å². The molecule has 0 atom stereocenters. The first-order valence-electron chi connectivity index (χ1n) is 12.4. The van der Waals surface area contributed by atoms with E-state index in [0.29, 0.717) is 18.0 Å². The van der Waals surface area contributed by atoms with Gasteiger partial charge >= 0.3 is 0 Å². The van der Waals surface area contributed by atoms with Crippen molar-refractivity contribution in [3.63, 3.8) is 0 Å². The second-order valence-electron chi connectivity index (χ2n) is 8.57. The number of fused-ring (bicyclic) bond motifs is 1. The second kappa shape index (κ2) is 11.3. The number of nitrogens with zero attached hydrogens (tertiary/aromatic N) is 4. The van der Waals surface area contributed by atoms with E-state index in [1.807, 2.05) is 47.5 Å². The van der Waals surface area contributed by atoms with Crippen molar-refractivity contribution in [2.45, 2.75) is 20.4 Å². The predicted octanol–water partition coefficient (Wildman–Crippen LogP) is 5.38. The Kier molecular flexibility index (Phi) is 7.46. The minimum atomic E-state index is -0.156. The monoisotopic (exact) mass is 511 g/mol. The maximum atomic E-state index is 11.8. The van der Waals surface area contributed by atoms with Gasteiger partial charge in [0.05, 0.1) is 17.6 Å². The molecule has 0 bridgehead atoms. The molecule has 0 saturated carbocycles. The van der Waals surface area contributed by atoms with Crippen LogP contribution in [0.25, 0.3) is 11.3 Å². The number of nitrogens with one attached hydrogen (secondary N) is 1. The zero-order chi connectivity index (χ0) is 25.6. The first-order chi connectivity index (χ1) is 18.1. The van der Waals surface area contributed by atoms with Gasteiger partial charge in [-0.1, -0.05) is 42.5 Å². The number of hydrogen-bond acceptors (Lipinski definition) is 6. The number of carbonyl (C=O) groups excluding carboxylic acids is 1. The van der Waals surface area contributed by atoms with Crippen molar-refractivity contribution in [1.82, 2.24) is 4.68 Å². The van der Waals surface area contributed by atoms with E-state index in [0.717, 1.165) is 34.7 Å². The number of carbonyl (C=O) groups is 1. The van der Waals surface area contributed by atoms with Gasteiger partial charge in [-0.05, 0) is 55.3 Å². The Labute approximate surface area is 220 Å². The van der Waals surface area contributed by atoms with E-state index < -0.39 is 0 Å². The summed E-state index contributed by atoms with van der Waals surface area (Å²) >= 11 is 1.54. The molecule has 0 spiro atoms. The molecule has 5 rings (SSSR count). The lowest BCUT2D eigenvalue weighted by molar-refractivity contribution is -0.118. The minimum absolute atomic E-state index is 0.0374. The number of thiazole rings is 1. The fraction of sp³-hybridized carbons (Fsp3) is 0.207. The molecule has 1 aliphatic rings. The molecule has 0 radical (unpaired) electrons. The Hall–Kier alpha value is -4.17. The number of aromatic nitrogens is 1. The van der Waals surface area contributed by atoms with Crippen LogP contribution in [0.5, 0.6) is 5.75 Å². The van der Waals surface area contributed by atoms with Crippen LogP contribution in [0.3, 0.4) is 0 Å². The van der Waals surface area contributed by atoms with Gasteiger partial charge in [0.1, 0.15) is 5.75 Å². The van der Waals surface area contributed by atoms with Gasteiger partial charge in [-0.15, -0.1) is 11.3 Å². The van der Waals surface area contributed by atoms with Crippen LogP contribution in [0.1, 0.15) is 25.0 Å². The highest BCUT2D eigenvalue weighted by Crippen LogP contribution is 2.33. The fourth-order valence-electron chi connectivity index (χ4n) is 4.18. The smallest absolute Gasteiger partial charge is 0.262 e. The second-order valence-corrected chi connectivity index (χ2v) is 9.41. The molecule has 0 fully saturated rings. The van der Waals surface area contributed by atoms with Crippen molar-refractivity contribution in [1.29, 1.82) is 0 Å². The summed E-state index contributed by atoms with van der Waals surface area (Å²) in [5.74, 6) is 0.511. The van der Waals surface area contributed by atoms with E-state index in [-0.39, 0.29) is 12.5 Å². The molecule has 2 heterocycles. The van der Waals surface area contributed by atoms with Crippen LogP contribution in [0.4, 0.5) is 11.4 Å². The summed E-state index contributed by atoms with van der Waals surface area (Å²) < 4.78 is 7.36. The Morgan fingerprint density at radius 3 is 2.65 bits per heavy atom. The van der Waals surface area contributed by atoms with Crippen LogP contribution >= 0.6 is 11.3 Å². The first-order valence-corrected chi connectivity index (χ1v) is 13.2. The lowest BCUT2D eigenvalue weighted by Gasteiger charge is -2.23. The number of benzene rings is 3. The maximum absolute atomic E-state index is 11.8. The van der Waals surface area contributed by atoms with Gasteiger partial charge in [0, 0.05) is 36.3 Å².